The standard InChI is InChI=1S/C20H19N5O3/c1-4-14-9-16(27-13(3)26)20(28-14)25-11-23-17-18(21-10-22-19(17)25)24-15-8-6-5-7-12(15)2/h1,5-8,10-11,14,16,20H,9H2,2-3H3,(H,21,22,24). The SMILES string of the molecule is C#CC1CC(OC(C)=O)C(n2cnc3c(Nc4ccccc4C)ncnc32)O1. The highest BCUT2D eigenvalue weighted by molar-refractivity contribution is 5.85. The van der Waals surface area contributed by atoms with E-state index in [2.05, 4.69) is 26.2 Å². The number of ether oxygens (including phenoxy) is 2. The molecule has 142 valence electrons. The molecule has 8 heteroatoms. The number of rotatable bonds is 4. The number of benzene rings is 1. The number of imidazole rings is 1. The van der Waals surface area contributed by atoms with Crippen LogP contribution >= 0.6 is 0 Å². The molecule has 1 aliphatic rings. The Bertz CT molecular complexity index is 1070. The Hall–Kier alpha value is -3.44. The van der Waals surface area contributed by atoms with Crippen LogP contribution < -0.4 is 5.32 Å². The van der Waals surface area contributed by atoms with Gasteiger partial charge < -0.3 is 14.8 Å². The number of hydrogen-bond acceptors (Lipinski definition) is 7. The molecule has 0 bridgehead atoms. The number of esters is 1. The van der Waals surface area contributed by atoms with Gasteiger partial charge in [-0.25, -0.2) is 15.0 Å². The van der Waals surface area contributed by atoms with Gasteiger partial charge in [-0.2, -0.15) is 0 Å². The molecule has 0 amide bonds. The molecule has 3 aromatic rings. The van der Waals surface area contributed by atoms with E-state index < -0.39 is 24.4 Å². The Kier molecular flexibility index (Phi) is 4.67. The number of aromatic nitrogens is 4. The molecular formula is C20H19N5O3. The monoisotopic (exact) mass is 377 g/mol. The van der Waals surface area contributed by atoms with Crippen molar-refractivity contribution < 1.29 is 14.3 Å². The van der Waals surface area contributed by atoms with Crippen LogP contribution in [0.15, 0.2) is 36.9 Å². The Morgan fingerprint density at radius 2 is 2.18 bits per heavy atom. The van der Waals surface area contributed by atoms with Gasteiger partial charge in [0.25, 0.3) is 0 Å². The van der Waals surface area contributed by atoms with Crippen LogP contribution in [0.3, 0.4) is 0 Å². The van der Waals surface area contributed by atoms with Crippen LogP contribution in [0, 0.1) is 19.3 Å². The fourth-order valence-electron chi connectivity index (χ4n) is 3.28. The van der Waals surface area contributed by atoms with Crippen molar-refractivity contribution in [2.45, 2.75) is 38.7 Å². The average Bonchev–Trinajstić information content (AvgIpc) is 3.27. The van der Waals surface area contributed by atoms with Gasteiger partial charge in [-0.15, -0.1) is 6.42 Å². The Morgan fingerprint density at radius 3 is 2.93 bits per heavy atom. The molecule has 1 saturated heterocycles. The first-order valence-electron chi connectivity index (χ1n) is 8.86. The number of aryl methyl sites for hydroxylation is 1. The van der Waals surface area contributed by atoms with E-state index in [9.17, 15) is 4.79 Å². The molecule has 1 aromatic carbocycles. The Labute approximate surface area is 161 Å². The molecule has 4 rings (SSSR count). The number of terminal acetylenes is 1. The summed E-state index contributed by atoms with van der Waals surface area (Å²) >= 11 is 0. The van der Waals surface area contributed by atoms with Crippen molar-refractivity contribution in [1.82, 2.24) is 19.5 Å². The van der Waals surface area contributed by atoms with Gasteiger partial charge in [-0.3, -0.25) is 9.36 Å². The maximum Gasteiger partial charge on any atom is 0.303 e. The molecule has 1 aliphatic heterocycles. The molecule has 28 heavy (non-hydrogen) atoms. The minimum Gasteiger partial charge on any atom is -0.458 e. The Balaban J connectivity index is 1.71. The lowest BCUT2D eigenvalue weighted by Crippen LogP contribution is -2.24. The van der Waals surface area contributed by atoms with Crippen LogP contribution in [0.2, 0.25) is 0 Å². The quantitative estimate of drug-likeness (QED) is 0.552. The maximum atomic E-state index is 11.5. The summed E-state index contributed by atoms with van der Waals surface area (Å²) < 4.78 is 13.0. The zero-order chi connectivity index (χ0) is 19.7. The number of nitrogens with zero attached hydrogens (tertiary/aromatic N) is 4. The molecule has 0 spiro atoms. The van der Waals surface area contributed by atoms with Crippen LogP contribution in [-0.2, 0) is 14.3 Å². The molecule has 3 heterocycles. The molecule has 0 radical (unpaired) electrons. The number of nitrogens with one attached hydrogen (secondary N) is 1. The van der Waals surface area contributed by atoms with Crippen molar-refractivity contribution in [2.24, 2.45) is 0 Å². The van der Waals surface area contributed by atoms with Gasteiger partial charge in [-0.1, -0.05) is 24.1 Å². The normalized spacial score (nSPS) is 21.4. The average molecular weight is 377 g/mol. The molecule has 8 nitrogen and oxygen atoms in total. The topological polar surface area (TPSA) is 91.2 Å². The van der Waals surface area contributed by atoms with Gasteiger partial charge in [-0.05, 0) is 18.6 Å². The van der Waals surface area contributed by atoms with Crippen LogP contribution in [0.25, 0.3) is 11.2 Å². The molecule has 0 aliphatic carbocycles. The predicted molar refractivity (Wildman–Crippen MR) is 103 cm³/mol. The minimum absolute atomic E-state index is 0.391. The lowest BCUT2D eigenvalue weighted by molar-refractivity contribution is -0.151. The summed E-state index contributed by atoms with van der Waals surface area (Å²) in [4.78, 5) is 24.6. The van der Waals surface area contributed by atoms with Crippen molar-refractivity contribution in [3.8, 4) is 12.3 Å². The van der Waals surface area contributed by atoms with Crippen molar-refractivity contribution >= 4 is 28.6 Å². The second-order valence-corrected chi connectivity index (χ2v) is 6.55. The third kappa shape index (κ3) is 3.28. The second-order valence-electron chi connectivity index (χ2n) is 6.55. The van der Waals surface area contributed by atoms with Crippen molar-refractivity contribution in [2.75, 3.05) is 5.32 Å². The third-order valence-electron chi connectivity index (χ3n) is 4.60. The first kappa shape index (κ1) is 17.9. The summed E-state index contributed by atoms with van der Waals surface area (Å²) in [5.41, 5.74) is 3.16. The van der Waals surface area contributed by atoms with Crippen LogP contribution in [-0.4, -0.2) is 37.7 Å². The summed E-state index contributed by atoms with van der Waals surface area (Å²) in [5, 5.41) is 3.30. The van der Waals surface area contributed by atoms with E-state index in [0.717, 1.165) is 11.3 Å². The van der Waals surface area contributed by atoms with Crippen molar-refractivity contribution in [3.63, 3.8) is 0 Å². The van der Waals surface area contributed by atoms with Crippen molar-refractivity contribution in [1.29, 1.82) is 0 Å². The molecule has 0 saturated carbocycles. The summed E-state index contributed by atoms with van der Waals surface area (Å²) in [6, 6.07) is 7.89. The minimum atomic E-state index is -0.601. The van der Waals surface area contributed by atoms with Crippen molar-refractivity contribution in [3.05, 3.63) is 42.5 Å². The van der Waals surface area contributed by atoms with Crippen LogP contribution in [0.1, 0.15) is 25.1 Å². The number of para-hydroxylation sites is 1. The number of anilines is 2. The predicted octanol–water partition coefficient (Wildman–Crippen LogP) is 2.73. The number of carbonyl (C=O) groups excluding carboxylic acids is 1. The zero-order valence-corrected chi connectivity index (χ0v) is 15.5. The summed E-state index contributed by atoms with van der Waals surface area (Å²) in [7, 11) is 0. The van der Waals surface area contributed by atoms with E-state index in [1.807, 2.05) is 31.2 Å². The Morgan fingerprint density at radius 1 is 1.36 bits per heavy atom. The highest BCUT2D eigenvalue weighted by atomic mass is 16.6. The zero-order valence-electron chi connectivity index (χ0n) is 15.5. The second kappa shape index (κ2) is 7.29. The van der Waals surface area contributed by atoms with Crippen LogP contribution in [0.5, 0.6) is 0 Å². The van der Waals surface area contributed by atoms with Crippen LogP contribution in [0.4, 0.5) is 11.5 Å². The van der Waals surface area contributed by atoms with Gasteiger partial charge in [0, 0.05) is 19.0 Å². The smallest absolute Gasteiger partial charge is 0.303 e. The molecule has 1 fully saturated rings. The van der Waals surface area contributed by atoms with E-state index in [4.69, 9.17) is 15.9 Å². The third-order valence-corrected chi connectivity index (χ3v) is 4.60. The summed E-state index contributed by atoms with van der Waals surface area (Å²) in [6.07, 6.45) is 7.41. The van der Waals surface area contributed by atoms with Gasteiger partial charge in [0.1, 0.15) is 12.4 Å². The fourth-order valence-corrected chi connectivity index (χ4v) is 3.28. The van der Waals surface area contributed by atoms with Gasteiger partial charge in [0.2, 0.25) is 0 Å². The van der Waals surface area contributed by atoms with Gasteiger partial charge in [0.05, 0.1) is 6.33 Å². The number of fused-ring (bicyclic) bond motifs is 1. The van der Waals surface area contributed by atoms with E-state index in [-0.39, 0.29) is 0 Å². The largest absolute Gasteiger partial charge is 0.458 e. The van der Waals surface area contributed by atoms with E-state index in [0.29, 0.717) is 23.4 Å². The lowest BCUT2D eigenvalue weighted by atomic mass is 10.2. The van der Waals surface area contributed by atoms with Gasteiger partial charge >= 0.3 is 5.97 Å². The molecule has 1 N–H and O–H groups in total. The first-order chi connectivity index (χ1) is 13.6. The van der Waals surface area contributed by atoms with E-state index in [1.54, 1.807) is 10.9 Å². The number of hydrogen-bond donors (Lipinski definition) is 1. The van der Waals surface area contributed by atoms with E-state index in [1.165, 1.54) is 13.3 Å². The number of carbonyl (C=O) groups is 1. The molecule has 2 aromatic heterocycles. The maximum absolute atomic E-state index is 11.5. The molecule has 3 unspecified atom stereocenters. The van der Waals surface area contributed by atoms with Gasteiger partial charge in [0.15, 0.2) is 29.3 Å². The lowest BCUT2D eigenvalue weighted by Gasteiger charge is -2.19. The highest BCUT2D eigenvalue weighted by Gasteiger charge is 2.39. The summed E-state index contributed by atoms with van der Waals surface area (Å²) in [5.74, 6) is 2.75. The fraction of sp³-hybridized carbons (Fsp3) is 0.300. The highest BCUT2D eigenvalue weighted by Crippen LogP contribution is 2.34. The molecular weight excluding hydrogens is 358 g/mol. The van der Waals surface area contributed by atoms with E-state index >= 15 is 0 Å². The first-order valence-corrected chi connectivity index (χ1v) is 8.86. The molecule has 3 atom stereocenters. The summed E-state index contributed by atoms with van der Waals surface area (Å²) in [6.45, 7) is 3.37.